The van der Waals surface area contributed by atoms with Crippen molar-refractivity contribution >= 4 is 17.7 Å². The molecule has 2 aliphatic heterocycles. The number of hydrogen-bond acceptors (Lipinski definition) is 4. The fourth-order valence-corrected chi connectivity index (χ4v) is 4.07. The average molecular weight is 359 g/mol. The van der Waals surface area contributed by atoms with E-state index >= 15 is 0 Å². The summed E-state index contributed by atoms with van der Waals surface area (Å²) < 4.78 is 1.75. The molecule has 1 aromatic rings. The number of aromatic nitrogens is 2. The molecule has 1 saturated carbocycles. The molecule has 3 heterocycles. The Morgan fingerprint density at radius 3 is 2.58 bits per heavy atom. The fraction of sp³-hybridized carbons (Fsp3) is 0.667. The van der Waals surface area contributed by atoms with Gasteiger partial charge in [0.05, 0.1) is 24.8 Å². The number of nitrogens with zero attached hydrogens (tertiary/aromatic N) is 5. The van der Waals surface area contributed by atoms with Crippen LogP contribution in [0, 0.1) is 18.8 Å². The molecule has 2 atom stereocenters. The van der Waals surface area contributed by atoms with Crippen molar-refractivity contribution in [2.45, 2.75) is 32.2 Å². The zero-order valence-corrected chi connectivity index (χ0v) is 15.5. The molecule has 0 unspecified atom stereocenters. The molecule has 0 radical (unpaired) electrons. The zero-order chi connectivity index (χ0) is 18.6. The summed E-state index contributed by atoms with van der Waals surface area (Å²) >= 11 is 0. The van der Waals surface area contributed by atoms with E-state index in [4.69, 9.17) is 0 Å². The minimum Gasteiger partial charge on any atom is -0.338 e. The molecule has 0 N–H and O–H groups in total. The maximum atomic E-state index is 13.2. The fourth-order valence-electron chi connectivity index (χ4n) is 4.07. The lowest BCUT2D eigenvalue weighted by Crippen LogP contribution is -2.38. The van der Waals surface area contributed by atoms with Gasteiger partial charge in [-0.1, -0.05) is 0 Å². The molecule has 3 fully saturated rings. The van der Waals surface area contributed by atoms with Crippen molar-refractivity contribution in [3.8, 4) is 0 Å². The van der Waals surface area contributed by atoms with Gasteiger partial charge >= 0.3 is 0 Å². The van der Waals surface area contributed by atoms with Gasteiger partial charge in [0.1, 0.15) is 6.54 Å². The van der Waals surface area contributed by atoms with Crippen LogP contribution in [0.15, 0.2) is 6.20 Å². The van der Waals surface area contributed by atoms with Crippen LogP contribution in [-0.2, 0) is 21.4 Å². The first-order chi connectivity index (χ1) is 12.4. The van der Waals surface area contributed by atoms with Gasteiger partial charge < -0.3 is 14.7 Å². The minimum atomic E-state index is -0.468. The van der Waals surface area contributed by atoms with Crippen molar-refractivity contribution in [3.63, 3.8) is 0 Å². The summed E-state index contributed by atoms with van der Waals surface area (Å²) in [6, 6.07) is -0.323. The SMILES string of the molecule is Cc1c([C@@H]2[C@@H](C(=O)N3CC(=O)N(CC4CC4)C3)CC(=O)N2C)cnn1C. The minimum absolute atomic E-state index is 0.0111. The van der Waals surface area contributed by atoms with E-state index in [0.29, 0.717) is 12.6 Å². The van der Waals surface area contributed by atoms with E-state index in [1.54, 1.807) is 32.6 Å². The highest BCUT2D eigenvalue weighted by Crippen LogP contribution is 2.39. The molecule has 0 bridgehead atoms. The lowest BCUT2D eigenvalue weighted by Gasteiger charge is -2.27. The predicted molar refractivity (Wildman–Crippen MR) is 92.6 cm³/mol. The molecule has 1 aromatic heterocycles. The number of carbonyl (C=O) groups is 3. The first-order valence-electron chi connectivity index (χ1n) is 9.17. The third kappa shape index (κ3) is 2.77. The third-order valence-corrected chi connectivity index (χ3v) is 6.00. The van der Waals surface area contributed by atoms with Crippen LogP contribution >= 0.6 is 0 Å². The molecule has 1 aliphatic carbocycles. The van der Waals surface area contributed by atoms with E-state index in [0.717, 1.165) is 17.8 Å². The Bertz CT molecular complexity index is 769. The first kappa shape index (κ1) is 17.1. The summed E-state index contributed by atoms with van der Waals surface area (Å²) in [4.78, 5) is 42.8. The summed E-state index contributed by atoms with van der Waals surface area (Å²) in [5.74, 6) is -0.0142. The van der Waals surface area contributed by atoms with E-state index in [-0.39, 0.29) is 36.7 Å². The topological polar surface area (TPSA) is 78.8 Å². The Hall–Kier alpha value is -2.38. The van der Waals surface area contributed by atoms with Crippen molar-refractivity contribution in [1.82, 2.24) is 24.5 Å². The standard InChI is InChI=1S/C18H25N5O3/c1-11-14(7-19-21(11)3)17-13(6-15(24)20(17)2)18(26)23-9-16(25)22(10-23)8-12-4-5-12/h7,12-13,17H,4-6,8-10H2,1-3H3/t13-,17-/m0/s1. The van der Waals surface area contributed by atoms with Gasteiger partial charge in [0, 0.05) is 38.3 Å². The number of amides is 3. The number of rotatable bonds is 4. The number of aryl methyl sites for hydroxylation is 1. The second-order valence-electron chi connectivity index (χ2n) is 7.81. The Kier molecular flexibility index (Phi) is 4.00. The van der Waals surface area contributed by atoms with Crippen molar-refractivity contribution in [2.75, 3.05) is 26.8 Å². The molecule has 8 heteroatoms. The molecule has 140 valence electrons. The van der Waals surface area contributed by atoms with E-state index < -0.39 is 5.92 Å². The highest BCUT2D eigenvalue weighted by Gasteiger charge is 2.47. The summed E-state index contributed by atoms with van der Waals surface area (Å²) in [5.41, 5.74) is 1.85. The van der Waals surface area contributed by atoms with Crippen molar-refractivity contribution < 1.29 is 14.4 Å². The molecule has 0 aromatic carbocycles. The summed E-state index contributed by atoms with van der Waals surface area (Å²) in [6.07, 6.45) is 4.26. The van der Waals surface area contributed by atoms with Gasteiger partial charge in [0.2, 0.25) is 17.7 Å². The highest BCUT2D eigenvalue weighted by atomic mass is 16.2. The molecule has 4 rings (SSSR count). The Morgan fingerprint density at radius 2 is 1.96 bits per heavy atom. The molecular formula is C18H25N5O3. The number of carbonyl (C=O) groups excluding carboxylic acids is 3. The van der Waals surface area contributed by atoms with Crippen LogP contribution in [0.5, 0.6) is 0 Å². The third-order valence-electron chi connectivity index (χ3n) is 6.00. The average Bonchev–Trinajstić information content (AvgIpc) is 3.18. The second kappa shape index (κ2) is 6.10. The molecular weight excluding hydrogens is 334 g/mol. The summed E-state index contributed by atoms with van der Waals surface area (Å²) in [7, 11) is 3.59. The molecule has 3 aliphatic rings. The maximum absolute atomic E-state index is 13.2. The van der Waals surface area contributed by atoms with Crippen molar-refractivity contribution in [3.05, 3.63) is 17.5 Å². The van der Waals surface area contributed by atoms with Crippen LogP contribution < -0.4 is 0 Å². The maximum Gasteiger partial charge on any atom is 0.243 e. The molecule has 3 amide bonds. The second-order valence-corrected chi connectivity index (χ2v) is 7.81. The van der Waals surface area contributed by atoms with Gasteiger partial charge in [-0.2, -0.15) is 5.10 Å². The molecule has 8 nitrogen and oxygen atoms in total. The summed E-state index contributed by atoms with van der Waals surface area (Å²) in [6.45, 7) is 3.16. The van der Waals surface area contributed by atoms with Crippen molar-refractivity contribution in [1.29, 1.82) is 0 Å². The van der Waals surface area contributed by atoms with Gasteiger partial charge in [-0.05, 0) is 25.7 Å². The Labute approximate surface area is 152 Å². The van der Waals surface area contributed by atoms with E-state index in [2.05, 4.69) is 5.10 Å². The molecule has 26 heavy (non-hydrogen) atoms. The molecule has 2 saturated heterocycles. The van der Waals surface area contributed by atoms with Crippen LogP contribution in [0.1, 0.15) is 36.6 Å². The first-order valence-corrected chi connectivity index (χ1v) is 9.17. The van der Waals surface area contributed by atoms with E-state index in [1.165, 1.54) is 12.8 Å². The summed E-state index contributed by atoms with van der Waals surface area (Å²) in [5, 5.41) is 4.27. The van der Waals surface area contributed by atoms with Crippen LogP contribution in [-0.4, -0.2) is 69.0 Å². The lowest BCUT2D eigenvalue weighted by molar-refractivity contribution is -0.136. The van der Waals surface area contributed by atoms with Crippen LogP contribution in [0.25, 0.3) is 0 Å². The smallest absolute Gasteiger partial charge is 0.243 e. The van der Waals surface area contributed by atoms with Gasteiger partial charge in [-0.15, -0.1) is 0 Å². The Morgan fingerprint density at radius 1 is 1.23 bits per heavy atom. The Balaban J connectivity index is 1.55. The van der Waals surface area contributed by atoms with Crippen LogP contribution in [0.2, 0.25) is 0 Å². The largest absolute Gasteiger partial charge is 0.338 e. The van der Waals surface area contributed by atoms with Gasteiger partial charge in [0.15, 0.2) is 0 Å². The molecule has 0 spiro atoms. The van der Waals surface area contributed by atoms with Gasteiger partial charge in [-0.25, -0.2) is 0 Å². The van der Waals surface area contributed by atoms with E-state index in [9.17, 15) is 14.4 Å². The predicted octanol–water partition coefficient (Wildman–Crippen LogP) is 0.286. The normalized spacial score (nSPS) is 26.3. The monoisotopic (exact) mass is 359 g/mol. The van der Waals surface area contributed by atoms with Crippen LogP contribution in [0.3, 0.4) is 0 Å². The lowest BCUT2D eigenvalue weighted by atomic mass is 9.93. The quantitative estimate of drug-likeness (QED) is 0.774. The zero-order valence-electron chi connectivity index (χ0n) is 15.5. The van der Waals surface area contributed by atoms with Crippen LogP contribution in [0.4, 0.5) is 0 Å². The van der Waals surface area contributed by atoms with Gasteiger partial charge in [0.25, 0.3) is 0 Å². The van der Waals surface area contributed by atoms with Gasteiger partial charge in [-0.3, -0.25) is 19.1 Å². The van der Waals surface area contributed by atoms with Crippen molar-refractivity contribution in [2.24, 2.45) is 18.9 Å². The highest BCUT2D eigenvalue weighted by molar-refractivity contribution is 5.93. The number of hydrogen-bond donors (Lipinski definition) is 0. The number of likely N-dealkylation sites (tertiary alicyclic amines) is 1. The van der Waals surface area contributed by atoms with E-state index in [1.807, 2.05) is 14.0 Å².